The number of rotatable bonds is 6. The lowest BCUT2D eigenvalue weighted by Crippen LogP contribution is -2.22. The zero-order valence-corrected chi connectivity index (χ0v) is 8.90. The van der Waals surface area contributed by atoms with E-state index in [1.54, 1.807) is 24.3 Å². The van der Waals surface area contributed by atoms with Crippen LogP contribution in [-0.2, 0) is 16.1 Å². The maximum Gasteiger partial charge on any atom is 0.303 e. The molecule has 0 spiro atoms. The number of hydrogen-bond donors (Lipinski definition) is 2. The van der Waals surface area contributed by atoms with E-state index in [0.717, 1.165) is 5.56 Å². The zero-order chi connectivity index (χ0) is 12.7. The van der Waals surface area contributed by atoms with Crippen molar-refractivity contribution in [3.05, 3.63) is 35.9 Å². The summed E-state index contributed by atoms with van der Waals surface area (Å²) in [4.78, 5) is 21.6. The van der Waals surface area contributed by atoms with Gasteiger partial charge >= 0.3 is 5.97 Å². The third kappa shape index (κ3) is 5.14. The van der Waals surface area contributed by atoms with Gasteiger partial charge in [-0.2, -0.15) is 0 Å². The number of carbonyl (C=O) groups excluding carboxylic acids is 1. The lowest BCUT2D eigenvalue weighted by Gasteiger charge is -2.04. The number of nitrogens with one attached hydrogen (secondary N) is 1. The van der Waals surface area contributed by atoms with E-state index in [2.05, 4.69) is 5.32 Å². The molecule has 4 nitrogen and oxygen atoms in total. The van der Waals surface area contributed by atoms with Gasteiger partial charge in [0.1, 0.15) is 0 Å². The SMILES string of the molecule is [3H]c1ccc(CNC(=O)CCCC(=O)O)cc1. The van der Waals surface area contributed by atoms with Crippen molar-refractivity contribution in [1.82, 2.24) is 5.32 Å². The molecular formula is C12H15NO3. The molecule has 1 rings (SSSR count). The standard InChI is InChI=1S/C12H15NO3/c14-11(7-4-8-12(15)16)13-9-10-5-2-1-3-6-10/h1-3,5-6H,4,7-9H2,(H,13,14)(H,15,16)/i1T. The van der Waals surface area contributed by atoms with Crippen LogP contribution in [0.4, 0.5) is 0 Å². The molecule has 4 heteroatoms. The summed E-state index contributed by atoms with van der Waals surface area (Å²) < 4.78 is 7.30. The summed E-state index contributed by atoms with van der Waals surface area (Å²) >= 11 is 0. The van der Waals surface area contributed by atoms with E-state index in [9.17, 15) is 9.59 Å². The van der Waals surface area contributed by atoms with E-state index in [1.165, 1.54) is 0 Å². The number of benzene rings is 1. The highest BCUT2D eigenvalue weighted by Gasteiger charge is 2.03. The number of hydrogen-bond acceptors (Lipinski definition) is 2. The van der Waals surface area contributed by atoms with Crippen molar-refractivity contribution in [1.29, 1.82) is 0 Å². The van der Waals surface area contributed by atoms with E-state index in [1.807, 2.05) is 0 Å². The quantitative estimate of drug-likeness (QED) is 0.769. The molecule has 0 radical (unpaired) electrons. The van der Waals surface area contributed by atoms with Gasteiger partial charge in [0.2, 0.25) is 5.91 Å². The first-order valence-corrected chi connectivity index (χ1v) is 5.12. The summed E-state index contributed by atoms with van der Waals surface area (Å²) in [5, 5.41) is 11.1. The van der Waals surface area contributed by atoms with Crippen molar-refractivity contribution in [2.24, 2.45) is 0 Å². The lowest BCUT2D eigenvalue weighted by atomic mass is 10.2. The third-order valence-electron chi connectivity index (χ3n) is 2.07. The van der Waals surface area contributed by atoms with Crippen molar-refractivity contribution in [2.75, 3.05) is 0 Å². The molecule has 0 aliphatic rings. The van der Waals surface area contributed by atoms with Gasteiger partial charge in [-0.15, -0.1) is 0 Å². The summed E-state index contributed by atoms with van der Waals surface area (Å²) in [6.45, 7) is 0.409. The Labute approximate surface area is 95.7 Å². The largest absolute Gasteiger partial charge is 0.481 e. The lowest BCUT2D eigenvalue weighted by molar-refractivity contribution is -0.137. The fraction of sp³-hybridized carbons (Fsp3) is 0.333. The smallest absolute Gasteiger partial charge is 0.303 e. The van der Waals surface area contributed by atoms with Crippen LogP contribution in [-0.4, -0.2) is 17.0 Å². The highest BCUT2D eigenvalue weighted by atomic mass is 16.4. The molecule has 0 fully saturated rings. The Hall–Kier alpha value is -1.84. The average Bonchev–Trinajstić information content (AvgIpc) is 2.28. The normalized spacial score (nSPS) is 10.6. The van der Waals surface area contributed by atoms with Crippen molar-refractivity contribution >= 4 is 11.9 Å². The number of aliphatic carboxylic acids is 1. The molecule has 0 unspecified atom stereocenters. The van der Waals surface area contributed by atoms with E-state index >= 15 is 0 Å². The molecule has 16 heavy (non-hydrogen) atoms. The summed E-state index contributed by atoms with van der Waals surface area (Å²) in [6, 6.07) is 7.30. The molecule has 0 aromatic heterocycles. The van der Waals surface area contributed by atoms with E-state index < -0.39 is 5.97 Å². The molecule has 0 saturated carbocycles. The van der Waals surface area contributed by atoms with Crippen LogP contribution in [0.25, 0.3) is 0 Å². The van der Waals surface area contributed by atoms with Crippen molar-refractivity contribution < 1.29 is 16.1 Å². The van der Waals surface area contributed by atoms with Gasteiger partial charge in [-0.25, -0.2) is 0 Å². The van der Waals surface area contributed by atoms with Crippen LogP contribution in [0.15, 0.2) is 30.3 Å². The summed E-state index contributed by atoms with van der Waals surface area (Å²) in [5.41, 5.74) is 0.924. The highest BCUT2D eigenvalue weighted by Crippen LogP contribution is 1.99. The molecule has 0 aliphatic heterocycles. The second kappa shape index (κ2) is 6.61. The average molecular weight is 223 g/mol. The Morgan fingerprint density at radius 3 is 2.62 bits per heavy atom. The van der Waals surface area contributed by atoms with Gasteiger partial charge in [0.25, 0.3) is 0 Å². The fourth-order valence-corrected chi connectivity index (χ4v) is 1.23. The first-order chi connectivity index (χ1) is 8.08. The van der Waals surface area contributed by atoms with Gasteiger partial charge in [-0.3, -0.25) is 9.59 Å². The molecule has 0 atom stereocenters. The Bertz CT molecular complexity index is 389. The van der Waals surface area contributed by atoms with E-state index in [4.69, 9.17) is 6.48 Å². The minimum Gasteiger partial charge on any atom is -0.481 e. The van der Waals surface area contributed by atoms with E-state index in [-0.39, 0.29) is 18.7 Å². The van der Waals surface area contributed by atoms with Gasteiger partial charge in [-0.05, 0) is 12.0 Å². The molecule has 0 heterocycles. The Morgan fingerprint density at radius 2 is 2.00 bits per heavy atom. The van der Waals surface area contributed by atoms with Gasteiger partial charge in [-0.1, -0.05) is 30.3 Å². The summed E-state index contributed by atoms with van der Waals surface area (Å²) in [7, 11) is 0. The van der Waals surface area contributed by atoms with Crippen LogP contribution in [0.3, 0.4) is 0 Å². The first kappa shape index (κ1) is 10.7. The molecular weight excluding hydrogens is 206 g/mol. The Kier molecular flexibility index (Phi) is 4.41. The molecule has 0 bridgehead atoms. The zero-order valence-electron chi connectivity index (χ0n) is 9.90. The van der Waals surface area contributed by atoms with Crippen molar-refractivity contribution in [2.45, 2.75) is 25.8 Å². The fourth-order valence-electron chi connectivity index (χ4n) is 1.23. The number of carboxylic acids is 1. The van der Waals surface area contributed by atoms with Gasteiger partial charge < -0.3 is 10.4 Å². The van der Waals surface area contributed by atoms with Crippen molar-refractivity contribution in [3.8, 4) is 0 Å². The predicted molar refractivity (Wildman–Crippen MR) is 59.8 cm³/mol. The molecule has 2 N–H and O–H groups in total. The Morgan fingerprint density at radius 1 is 1.31 bits per heavy atom. The van der Waals surface area contributed by atoms with Crippen LogP contribution >= 0.6 is 0 Å². The van der Waals surface area contributed by atoms with Crippen LogP contribution in [0.5, 0.6) is 0 Å². The van der Waals surface area contributed by atoms with Crippen LogP contribution in [0, 0.1) is 0 Å². The maximum absolute atomic E-state index is 11.3. The summed E-state index contributed by atoms with van der Waals surface area (Å²) in [6.07, 6.45) is 0.594. The number of amides is 1. The molecule has 0 aliphatic carbocycles. The maximum atomic E-state index is 11.3. The predicted octanol–water partition coefficient (Wildman–Crippen LogP) is 1.56. The minimum absolute atomic E-state index is 0.0148. The molecule has 1 amide bonds. The second-order valence-electron chi connectivity index (χ2n) is 3.43. The topological polar surface area (TPSA) is 66.4 Å². The highest BCUT2D eigenvalue weighted by molar-refractivity contribution is 5.76. The monoisotopic (exact) mass is 223 g/mol. The molecule has 86 valence electrons. The van der Waals surface area contributed by atoms with E-state index in [0.29, 0.717) is 19.0 Å². The first-order valence-electron chi connectivity index (χ1n) is 5.62. The van der Waals surface area contributed by atoms with Crippen molar-refractivity contribution in [3.63, 3.8) is 0 Å². The van der Waals surface area contributed by atoms with Crippen LogP contribution < -0.4 is 5.32 Å². The number of carboxylic acid groups (broad SMARTS) is 1. The Balaban J connectivity index is 2.23. The second-order valence-corrected chi connectivity index (χ2v) is 3.43. The molecule has 0 saturated heterocycles. The molecule has 1 aromatic rings. The number of carbonyl (C=O) groups is 2. The van der Waals surface area contributed by atoms with Crippen LogP contribution in [0.1, 0.15) is 26.2 Å². The summed E-state index contributed by atoms with van der Waals surface area (Å²) in [5.74, 6) is -1.04. The van der Waals surface area contributed by atoms with Gasteiger partial charge in [0, 0.05) is 19.4 Å². The third-order valence-corrected chi connectivity index (χ3v) is 2.07. The van der Waals surface area contributed by atoms with Gasteiger partial charge in [0.05, 0.1) is 1.37 Å². The van der Waals surface area contributed by atoms with Crippen LogP contribution in [0.2, 0.25) is 0 Å². The van der Waals surface area contributed by atoms with Gasteiger partial charge in [0.15, 0.2) is 0 Å². The minimum atomic E-state index is -0.885. The molecule has 1 aromatic carbocycles.